The van der Waals surface area contributed by atoms with Crippen LogP contribution < -0.4 is 5.32 Å². The van der Waals surface area contributed by atoms with Gasteiger partial charge >= 0.3 is 7.60 Å². The summed E-state index contributed by atoms with van der Waals surface area (Å²) < 4.78 is 23.7. The summed E-state index contributed by atoms with van der Waals surface area (Å²) >= 11 is 6.13. The van der Waals surface area contributed by atoms with Crippen LogP contribution in [0.3, 0.4) is 0 Å². The van der Waals surface area contributed by atoms with E-state index in [1.165, 1.54) is 0 Å². The van der Waals surface area contributed by atoms with Gasteiger partial charge in [0.15, 0.2) is 17.0 Å². The quantitative estimate of drug-likeness (QED) is 0.342. The van der Waals surface area contributed by atoms with Crippen LogP contribution in [-0.2, 0) is 20.6 Å². The molecule has 1 fully saturated rings. The third kappa shape index (κ3) is 5.12. The topological polar surface area (TPSA) is 145 Å². The molecule has 0 radical (unpaired) electrons. The Kier molecular flexibility index (Phi) is 6.28. The molecule has 160 valence electrons. The fourth-order valence-electron chi connectivity index (χ4n) is 3.23. The molecule has 1 saturated heterocycles. The molecule has 1 aliphatic heterocycles. The summed E-state index contributed by atoms with van der Waals surface area (Å²) in [5.41, 5.74) is 2.08. The van der Waals surface area contributed by atoms with Crippen LogP contribution in [0.4, 0.5) is 5.82 Å². The monoisotopic (exact) mass is 454 g/mol. The lowest BCUT2D eigenvalue weighted by molar-refractivity contribution is -0.0344. The zero-order chi connectivity index (χ0) is 21.1. The summed E-state index contributed by atoms with van der Waals surface area (Å²) in [7, 11) is -4.19. The van der Waals surface area contributed by atoms with Crippen molar-refractivity contribution in [3.05, 3.63) is 41.7 Å². The van der Waals surface area contributed by atoms with Crippen LogP contribution in [-0.4, -0.2) is 53.3 Å². The first-order chi connectivity index (χ1) is 14.4. The normalized spacial score (nSPS) is 19.4. The molecule has 0 aliphatic carbocycles. The van der Waals surface area contributed by atoms with E-state index in [4.69, 9.17) is 30.9 Å². The van der Waals surface area contributed by atoms with Crippen molar-refractivity contribution in [1.82, 2.24) is 24.5 Å². The first-order valence-corrected chi connectivity index (χ1v) is 11.4. The van der Waals surface area contributed by atoms with Crippen LogP contribution in [0, 0.1) is 0 Å². The van der Waals surface area contributed by atoms with Crippen molar-refractivity contribution < 1.29 is 23.8 Å². The van der Waals surface area contributed by atoms with Gasteiger partial charge in [-0.25, -0.2) is 4.98 Å². The largest absolute Gasteiger partial charge is 0.366 e. The SMILES string of the molecule is O=P(O)(O)COC[C@@H]1CCC(n2cnc3c(NCc4cccnc4)nc(Cl)nc32)O1. The molecule has 3 aromatic heterocycles. The van der Waals surface area contributed by atoms with Crippen LogP contribution in [0.15, 0.2) is 30.9 Å². The van der Waals surface area contributed by atoms with Gasteiger partial charge in [-0.15, -0.1) is 0 Å². The highest BCUT2D eigenvalue weighted by molar-refractivity contribution is 7.51. The third-order valence-corrected chi connectivity index (χ3v) is 5.22. The Labute approximate surface area is 176 Å². The first-order valence-electron chi connectivity index (χ1n) is 9.20. The molecule has 0 aromatic carbocycles. The number of imidazole rings is 1. The maximum Gasteiger partial charge on any atom is 0.350 e. The maximum atomic E-state index is 10.9. The lowest BCUT2D eigenvalue weighted by Gasteiger charge is -2.16. The van der Waals surface area contributed by atoms with E-state index in [1.54, 1.807) is 23.3 Å². The molecule has 4 heterocycles. The van der Waals surface area contributed by atoms with Crippen LogP contribution in [0.1, 0.15) is 24.6 Å². The number of hydrogen-bond donors (Lipinski definition) is 3. The van der Waals surface area contributed by atoms with Crippen molar-refractivity contribution >= 4 is 36.2 Å². The minimum absolute atomic E-state index is 0.0810. The molecule has 0 saturated carbocycles. The summed E-state index contributed by atoms with van der Waals surface area (Å²) in [5.74, 6) is 0.507. The van der Waals surface area contributed by atoms with E-state index < -0.39 is 13.9 Å². The van der Waals surface area contributed by atoms with Crippen LogP contribution in [0.5, 0.6) is 0 Å². The molecular weight excluding hydrogens is 435 g/mol. The lowest BCUT2D eigenvalue weighted by Crippen LogP contribution is -2.17. The molecule has 0 amide bonds. The number of anilines is 1. The molecular formula is C17H20ClN6O5P. The second-order valence-corrected chi connectivity index (χ2v) is 8.76. The highest BCUT2D eigenvalue weighted by atomic mass is 35.5. The smallest absolute Gasteiger partial charge is 0.350 e. The van der Waals surface area contributed by atoms with Crippen molar-refractivity contribution in [2.45, 2.75) is 31.7 Å². The molecule has 3 N–H and O–H groups in total. The van der Waals surface area contributed by atoms with Gasteiger partial charge < -0.3 is 24.6 Å². The van der Waals surface area contributed by atoms with E-state index in [0.29, 0.717) is 36.4 Å². The van der Waals surface area contributed by atoms with Crippen LogP contribution in [0.25, 0.3) is 11.2 Å². The van der Waals surface area contributed by atoms with E-state index in [-0.39, 0.29) is 24.2 Å². The Bertz CT molecular complexity index is 1060. The van der Waals surface area contributed by atoms with Crippen molar-refractivity contribution in [3.8, 4) is 0 Å². The molecule has 1 unspecified atom stereocenters. The minimum atomic E-state index is -4.19. The van der Waals surface area contributed by atoms with Gasteiger partial charge in [0.2, 0.25) is 5.28 Å². The number of hydrogen-bond acceptors (Lipinski definition) is 8. The highest BCUT2D eigenvalue weighted by Gasteiger charge is 2.29. The van der Waals surface area contributed by atoms with E-state index >= 15 is 0 Å². The Hall–Kier alpha value is -2.14. The van der Waals surface area contributed by atoms with Crippen molar-refractivity contribution in [3.63, 3.8) is 0 Å². The van der Waals surface area contributed by atoms with E-state index in [2.05, 4.69) is 25.3 Å². The van der Waals surface area contributed by atoms with Crippen molar-refractivity contribution in [1.29, 1.82) is 0 Å². The van der Waals surface area contributed by atoms with Gasteiger partial charge in [0.1, 0.15) is 12.6 Å². The maximum absolute atomic E-state index is 10.9. The number of rotatable bonds is 8. The average molecular weight is 455 g/mol. The lowest BCUT2D eigenvalue weighted by atomic mass is 10.2. The summed E-state index contributed by atoms with van der Waals surface area (Å²) in [5, 5.41) is 3.29. The summed E-state index contributed by atoms with van der Waals surface area (Å²) in [6, 6.07) is 3.80. The fraction of sp³-hybridized carbons (Fsp3) is 0.412. The predicted molar refractivity (Wildman–Crippen MR) is 108 cm³/mol. The Morgan fingerprint density at radius 3 is 3.00 bits per heavy atom. The number of fused-ring (bicyclic) bond motifs is 1. The van der Waals surface area contributed by atoms with Crippen LogP contribution >= 0.6 is 19.2 Å². The van der Waals surface area contributed by atoms with Crippen LogP contribution in [0.2, 0.25) is 5.28 Å². The second kappa shape index (κ2) is 8.93. The van der Waals surface area contributed by atoms with Gasteiger partial charge in [-0.05, 0) is 36.1 Å². The Morgan fingerprint density at radius 2 is 2.23 bits per heavy atom. The Balaban J connectivity index is 1.46. The Morgan fingerprint density at radius 1 is 1.37 bits per heavy atom. The van der Waals surface area contributed by atoms with Gasteiger partial charge in [0.05, 0.1) is 19.0 Å². The number of halogens is 1. The first kappa shape index (κ1) is 21.1. The van der Waals surface area contributed by atoms with Crippen molar-refractivity contribution in [2.24, 2.45) is 0 Å². The van der Waals surface area contributed by atoms with Crippen molar-refractivity contribution in [2.75, 3.05) is 18.3 Å². The summed E-state index contributed by atoms with van der Waals surface area (Å²) in [6.07, 6.45) is 5.19. The zero-order valence-electron chi connectivity index (χ0n) is 15.8. The number of pyridine rings is 1. The second-order valence-electron chi connectivity index (χ2n) is 6.83. The van der Waals surface area contributed by atoms with E-state index in [9.17, 15) is 4.57 Å². The van der Waals surface area contributed by atoms with Gasteiger partial charge in [-0.1, -0.05) is 6.07 Å². The van der Waals surface area contributed by atoms with Gasteiger partial charge in [-0.3, -0.25) is 14.1 Å². The van der Waals surface area contributed by atoms with Gasteiger partial charge in [0.25, 0.3) is 0 Å². The third-order valence-electron chi connectivity index (χ3n) is 4.54. The number of nitrogens with one attached hydrogen (secondary N) is 1. The number of ether oxygens (including phenoxy) is 2. The highest BCUT2D eigenvalue weighted by Crippen LogP contribution is 2.35. The molecule has 30 heavy (non-hydrogen) atoms. The molecule has 0 bridgehead atoms. The molecule has 4 rings (SSSR count). The van der Waals surface area contributed by atoms with Gasteiger partial charge in [0, 0.05) is 18.9 Å². The standard InChI is InChI=1S/C17H20ClN6O5P/c18-17-22-15(20-7-11-2-1-5-19-6-11)14-16(23-17)24(9-21-14)13-4-3-12(29-13)8-28-10-30(25,26)27/h1-2,5-6,9,12-13H,3-4,7-8,10H2,(H,20,22,23)(H2,25,26,27)/t12-,13?/m0/s1. The zero-order valence-corrected chi connectivity index (χ0v) is 17.4. The van der Waals surface area contributed by atoms with E-state index in [1.807, 2.05) is 12.1 Å². The number of aromatic nitrogens is 5. The molecule has 13 heteroatoms. The fourth-order valence-corrected chi connectivity index (χ4v) is 3.74. The molecule has 2 atom stereocenters. The summed E-state index contributed by atoms with van der Waals surface area (Å²) in [4.78, 5) is 34.8. The molecule has 0 spiro atoms. The predicted octanol–water partition coefficient (Wildman–Crippen LogP) is 2.32. The van der Waals surface area contributed by atoms with E-state index in [0.717, 1.165) is 5.56 Å². The molecule has 3 aromatic rings. The minimum Gasteiger partial charge on any atom is -0.366 e. The van der Waals surface area contributed by atoms with Gasteiger partial charge in [-0.2, -0.15) is 9.97 Å². The molecule has 11 nitrogen and oxygen atoms in total. The average Bonchev–Trinajstić information content (AvgIpc) is 3.32. The number of nitrogens with zero attached hydrogens (tertiary/aromatic N) is 5. The summed E-state index contributed by atoms with van der Waals surface area (Å²) in [6.45, 7) is 0.601. The molecule has 1 aliphatic rings.